The summed E-state index contributed by atoms with van der Waals surface area (Å²) in [6.07, 6.45) is -2.17. The highest BCUT2D eigenvalue weighted by Gasteiger charge is 2.46. The Morgan fingerprint density at radius 2 is 2.37 bits per heavy atom. The van der Waals surface area contributed by atoms with Crippen LogP contribution in [-0.4, -0.2) is 38.6 Å². The maximum Gasteiger partial charge on any atom is 0.351 e. The molecule has 1 fully saturated rings. The molecule has 0 aromatic carbocycles. The third-order valence-electron chi connectivity index (χ3n) is 3.04. The first-order chi connectivity index (χ1) is 8.95. The summed E-state index contributed by atoms with van der Waals surface area (Å²) in [5, 5.41) is 19.1. The van der Waals surface area contributed by atoms with Crippen LogP contribution in [0.4, 0.5) is 10.2 Å². The number of hydrogen-bond acceptors (Lipinski definition) is 6. The van der Waals surface area contributed by atoms with Crippen molar-refractivity contribution >= 4 is 5.82 Å². The van der Waals surface area contributed by atoms with Crippen LogP contribution < -0.4 is 11.4 Å². The Kier molecular flexibility index (Phi) is 3.65. The first-order valence-corrected chi connectivity index (χ1v) is 5.59. The number of aliphatic hydroxyl groups is 2. The minimum atomic E-state index is -1.35. The average molecular weight is 271 g/mol. The van der Waals surface area contributed by atoms with Gasteiger partial charge in [0.05, 0.1) is 18.6 Å². The van der Waals surface area contributed by atoms with Gasteiger partial charge in [0.1, 0.15) is 17.7 Å². The second-order valence-electron chi connectivity index (χ2n) is 4.25. The van der Waals surface area contributed by atoms with Crippen LogP contribution in [0.5, 0.6) is 0 Å². The molecule has 8 heteroatoms. The van der Waals surface area contributed by atoms with Crippen molar-refractivity contribution in [3.05, 3.63) is 35.2 Å². The second-order valence-corrected chi connectivity index (χ2v) is 4.25. The molecule has 19 heavy (non-hydrogen) atoms. The number of aliphatic hydroxyl groups excluding tert-OH is 2. The molecule has 7 nitrogen and oxygen atoms in total. The van der Waals surface area contributed by atoms with Crippen molar-refractivity contribution in [3.63, 3.8) is 0 Å². The molecule has 4 atom stereocenters. The smallest absolute Gasteiger partial charge is 0.351 e. The Labute approximate surface area is 107 Å². The van der Waals surface area contributed by atoms with E-state index in [4.69, 9.17) is 15.6 Å². The fourth-order valence-corrected chi connectivity index (χ4v) is 2.13. The lowest BCUT2D eigenvalue weighted by Crippen LogP contribution is -2.33. The molecule has 1 aliphatic heterocycles. The topological polar surface area (TPSA) is 111 Å². The van der Waals surface area contributed by atoms with Crippen molar-refractivity contribution in [2.45, 2.75) is 18.4 Å². The van der Waals surface area contributed by atoms with Crippen molar-refractivity contribution in [1.29, 1.82) is 0 Å². The molecule has 1 aromatic heterocycles. The molecule has 0 amide bonds. The van der Waals surface area contributed by atoms with Gasteiger partial charge in [-0.25, -0.2) is 9.18 Å². The highest BCUT2D eigenvalue weighted by molar-refractivity contribution is 5.23. The van der Waals surface area contributed by atoms with E-state index in [2.05, 4.69) is 11.6 Å². The van der Waals surface area contributed by atoms with Gasteiger partial charge in [0.2, 0.25) is 0 Å². The zero-order valence-electron chi connectivity index (χ0n) is 9.94. The SMILES string of the molecule is C=C(F)C1C(CO)OC(n2ccc(N)nc2=O)C1O. The number of hydrogen-bond donors (Lipinski definition) is 3. The van der Waals surface area contributed by atoms with Crippen LogP contribution in [0.2, 0.25) is 0 Å². The van der Waals surface area contributed by atoms with E-state index < -0.39 is 42.5 Å². The summed E-state index contributed by atoms with van der Waals surface area (Å²) in [5.41, 5.74) is 4.62. The number of aromatic nitrogens is 2. The predicted octanol–water partition coefficient (Wildman–Crippen LogP) is -0.825. The molecule has 0 spiro atoms. The third kappa shape index (κ3) is 2.37. The standard InChI is InChI=1S/C11H14FN3O4/c1-5(12)8-6(4-16)19-10(9(8)17)15-3-2-7(13)14-11(15)18/h2-3,6,8-10,16-17H,1,4H2,(H2,13,14,18). The lowest BCUT2D eigenvalue weighted by Gasteiger charge is -2.18. The van der Waals surface area contributed by atoms with E-state index in [1.165, 1.54) is 12.3 Å². The van der Waals surface area contributed by atoms with Crippen LogP contribution in [0, 0.1) is 5.92 Å². The van der Waals surface area contributed by atoms with E-state index in [1.54, 1.807) is 0 Å². The fraction of sp³-hybridized carbons (Fsp3) is 0.455. The van der Waals surface area contributed by atoms with Crippen LogP contribution in [0.3, 0.4) is 0 Å². The van der Waals surface area contributed by atoms with Gasteiger partial charge in [-0.05, 0) is 6.07 Å². The highest BCUT2D eigenvalue weighted by Crippen LogP contribution is 2.37. The predicted molar refractivity (Wildman–Crippen MR) is 63.7 cm³/mol. The van der Waals surface area contributed by atoms with Crippen molar-refractivity contribution < 1.29 is 19.3 Å². The number of ether oxygens (including phenoxy) is 1. The number of halogens is 1. The first kappa shape index (κ1) is 13.7. The Bertz CT molecular complexity index is 547. The number of nitrogen functional groups attached to an aromatic ring is 1. The average Bonchev–Trinajstić information content (AvgIpc) is 2.66. The van der Waals surface area contributed by atoms with E-state index in [9.17, 15) is 14.3 Å². The molecule has 0 radical (unpaired) electrons. The zero-order chi connectivity index (χ0) is 14.2. The second kappa shape index (κ2) is 5.08. The van der Waals surface area contributed by atoms with Gasteiger partial charge in [0.25, 0.3) is 0 Å². The number of nitrogens with two attached hydrogens (primary N) is 1. The summed E-state index contributed by atoms with van der Waals surface area (Å²) in [7, 11) is 0. The van der Waals surface area contributed by atoms with E-state index >= 15 is 0 Å². The summed E-state index contributed by atoms with van der Waals surface area (Å²) in [4.78, 5) is 15.1. The number of rotatable bonds is 3. The summed E-state index contributed by atoms with van der Waals surface area (Å²) in [6.45, 7) is 2.61. The molecule has 4 unspecified atom stereocenters. The van der Waals surface area contributed by atoms with E-state index in [0.717, 1.165) is 4.57 Å². The van der Waals surface area contributed by atoms with Gasteiger partial charge < -0.3 is 20.7 Å². The van der Waals surface area contributed by atoms with E-state index in [0.29, 0.717) is 0 Å². The van der Waals surface area contributed by atoms with Crippen molar-refractivity contribution in [3.8, 4) is 0 Å². The summed E-state index contributed by atoms with van der Waals surface area (Å²) in [6, 6.07) is 1.35. The minimum Gasteiger partial charge on any atom is -0.394 e. The maximum absolute atomic E-state index is 13.3. The molecule has 0 aliphatic carbocycles. The van der Waals surface area contributed by atoms with Crippen molar-refractivity contribution in [2.24, 2.45) is 5.92 Å². The van der Waals surface area contributed by atoms with Crippen LogP contribution in [0.25, 0.3) is 0 Å². The Hall–Kier alpha value is -1.77. The van der Waals surface area contributed by atoms with Crippen molar-refractivity contribution in [2.75, 3.05) is 12.3 Å². The van der Waals surface area contributed by atoms with Gasteiger partial charge in [0, 0.05) is 6.20 Å². The Morgan fingerprint density at radius 3 is 2.84 bits per heavy atom. The zero-order valence-corrected chi connectivity index (χ0v) is 9.94. The Morgan fingerprint density at radius 1 is 1.68 bits per heavy atom. The monoisotopic (exact) mass is 271 g/mol. The van der Waals surface area contributed by atoms with Gasteiger partial charge in [-0.1, -0.05) is 6.58 Å². The van der Waals surface area contributed by atoms with Crippen LogP contribution in [-0.2, 0) is 4.74 Å². The first-order valence-electron chi connectivity index (χ1n) is 5.59. The molecular weight excluding hydrogens is 257 g/mol. The lowest BCUT2D eigenvalue weighted by atomic mass is 9.97. The molecule has 2 rings (SSSR count). The van der Waals surface area contributed by atoms with Gasteiger partial charge >= 0.3 is 5.69 Å². The van der Waals surface area contributed by atoms with Crippen LogP contribution >= 0.6 is 0 Å². The number of nitrogens with zero attached hydrogens (tertiary/aromatic N) is 2. The number of anilines is 1. The normalized spacial score (nSPS) is 30.5. The van der Waals surface area contributed by atoms with Gasteiger partial charge in [0.15, 0.2) is 6.23 Å². The highest BCUT2D eigenvalue weighted by atomic mass is 19.1. The molecule has 104 valence electrons. The third-order valence-corrected chi connectivity index (χ3v) is 3.04. The van der Waals surface area contributed by atoms with E-state index in [-0.39, 0.29) is 5.82 Å². The van der Waals surface area contributed by atoms with Crippen LogP contribution in [0.15, 0.2) is 29.5 Å². The molecule has 1 aromatic rings. The van der Waals surface area contributed by atoms with E-state index in [1.807, 2.05) is 0 Å². The molecule has 0 bridgehead atoms. The minimum absolute atomic E-state index is 0.0268. The maximum atomic E-state index is 13.3. The van der Waals surface area contributed by atoms with Crippen molar-refractivity contribution in [1.82, 2.24) is 9.55 Å². The molecular formula is C11H14FN3O4. The Balaban J connectivity index is 2.36. The van der Waals surface area contributed by atoms with Gasteiger partial charge in [-0.2, -0.15) is 4.98 Å². The molecule has 2 heterocycles. The summed E-state index contributed by atoms with van der Waals surface area (Å²) < 4.78 is 19.6. The largest absolute Gasteiger partial charge is 0.394 e. The quantitative estimate of drug-likeness (QED) is 0.662. The summed E-state index contributed by atoms with van der Waals surface area (Å²) in [5.74, 6) is -1.89. The van der Waals surface area contributed by atoms with Gasteiger partial charge in [-0.15, -0.1) is 0 Å². The fourth-order valence-electron chi connectivity index (χ4n) is 2.13. The van der Waals surface area contributed by atoms with Crippen LogP contribution in [0.1, 0.15) is 6.23 Å². The molecule has 4 N–H and O–H groups in total. The van der Waals surface area contributed by atoms with Gasteiger partial charge in [-0.3, -0.25) is 4.57 Å². The molecule has 1 saturated heterocycles. The summed E-state index contributed by atoms with van der Waals surface area (Å²) >= 11 is 0. The molecule has 0 saturated carbocycles. The lowest BCUT2D eigenvalue weighted by molar-refractivity contribution is -0.0533. The molecule has 1 aliphatic rings.